The van der Waals surface area contributed by atoms with Crippen LogP contribution in [-0.4, -0.2) is 52.2 Å². The summed E-state index contributed by atoms with van der Waals surface area (Å²) in [5, 5.41) is 8.06. The molecule has 1 aliphatic rings. The van der Waals surface area contributed by atoms with E-state index in [4.69, 9.17) is 9.47 Å². The third kappa shape index (κ3) is 2.85. The maximum atomic E-state index is 12.5. The molecule has 2 aromatic rings. The van der Waals surface area contributed by atoms with E-state index in [1.807, 2.05) is 12.1 Å². The van der Waals surface area contributed by atoms with E-state index in [2.05, 4.69) is 10.3 Å². The van der Waals surface area contributed by atoms with E-state index in [1.165, 1.54) is 21.9 Å². The summed E-state index contributed by atoms with van der Waals surface area (Å²) < 4.78 is 11.8. The van der Waals surface area contributed by atoms with Crippen LogP contribution in [0.5, 0.6) is 0 Å². The Morgan fingerprint density at radius 1 is 1.38 bits per heavy atom. The second-order valence-corrected chi connectivity index (χ2v) is 5.45. The lowest BCUT2D eigenvalue weighted by molar-refractivity contribution is -0.152. The van der Waals surface area contributed by atoms with Gasteiger partial charge in [-0.05, 0) is 19.1 Å². The van der Waals surface area contributed by atoms with E-state index >= 15 is 0 Å². The van der Waals surface area contributed by atoms with Crippen LogP contribution >= 0.6 is 0 Å². The molecule has 1 aromatic carbocycles. The molecule has 8 nitrogen and oxygen atoms in total. The van der Waals surface area contributed by atoms with Crippen LogP contribution < -0.4 is 0 Å². The fourth-order valence-corrected chi connectivity index (χ4v) is 2.17. The molecular formula is C16H16N4O4. The lowest BCUT2D eigenvalue weighted by atomic mass is 10.3. The minimum Gasteiger partial charge on any atom is -0.456 e. The van der Waals surface area contributed by atoms with E-state index < -0.39 is 12.3 Å². The molecule has 0 saturated heterocycles. The first kappa shape index (κ1) is 15.7. The van der Waals surface area contributed by atoms with Gasteiger partial charge in [0.1, 0.15) is 11.8 Å². The number of nitrogens with zero attached hydrogens (tertiary/aromatic N) is 4. The van der Waals surface area contributed by atoms with Gasteiger partial charge in [-0.1, -0.05) is 17.3 Å². The molecule has 0 bridgehead atoms. The number of amides is 1. The second kappa shape index (κ2) is 6.15. The molecule has 0 saturated carbocycles. The van der Waals surface area contributed by atoms with Gasteiger partial charge < -0.3 is 14.4 Å². The maximum Gasteiger partial charge on any atom is 0.336 e. The van der Waals surface area contributed by atoms with Gasteiger partial charge in [-0.25, -0.2) is 9.48 Å². The SMILES string of the molecule is CC1=CC(O/C=C(/C(=O)N(C)C)n2nnc3ccccc32)OC1=O. The molecule has 8 heteroatoms. The third-order valence-electron chi connectivity index (χ3n) is 3.45. The van der Waals surface area contributed by atoms with Crippen molar-refractivity contribution in [3.8, 4) is 0 Å². The van der Waals surface area contributed by atoms with Gasteiger partial charge in [-0.15, -0.1) is 5.10 Å². The Hall–Kier alpha value is -3.16. The number of hydrogen-bond acceptors (Lipinski definition) is 6. The molecule has 24 heavy (non-hydrogen) atoms. The van der Waals surface area contributed by atoms with Crippen LogP contribution in [0.4, 0.5) is 0 Å². The summed E-state index contributed by atoms with van der Waals surface area (Å²) in [5.41, 5.74) is 1.93. The summed E-state index contributed by atoms with van der Waals surface area (Å²) in [5.74, 6) is -0.768. The van der Waals surface area contributed by atoms with Crippen LogP contribution in [0.3, 0.4) is 0 Å². The number of fused-ring (bicyclic) bond motifs is 1. The maximum absolute atomic E-state index is 12.5. The summed E-state index contributed by atoms with van der Waals surface area (Å²) in [7, 11) is 3.24. The van der Waals surface area contributed by atoms with Crippen LogP contribution in [0.25, 0.3) is 16.7 Å². The first-order valence-electron chi connectivity index (χ1n) is 7.25. The highest BCUT2D eigenvalue weighted by atomic mass is 16.7. The number of aromatic nitrogens is 3. The number of carbonyl (C=O) groups excluding carboxylic acids is 2. The van der Waals surface area contributed by atoms with Gasteiger partial charge in [0.15, 0.2) is 5.70 Å². The number of likely N-dealkylation sites (N-methyl/N-ethyl adjacent to an activating group) is 1. The standard InChI is InChI=1S/C16H16N4O4/c1-10-8-14(24-16(10)22)23-9-13(15(21)19(2)3)20-12-7-5-4-6-11(12)17-18-20/h4-9,14H,1-3H3/b13-9-. The van der Waals surface area contributed by atoms with Crippen molar-refractivity contribution < 1.29 is 19.1 Å². The molecule has 1 aliphatic heterocycles. The van der Waals surface area contributed by atoms with Crippen LogP contribution in [0.1, 0.15) is 6.92 Å². The van der Waals surface area contributed by atoms with Gasteiger partial charge in [-0.3, -0.25) is 4.79 Å². The van der Waals surface area contributed by atoms with Crippen molar-refractivity contribution in [3.05, 3.63) is 42.2 Å². The molecule has 1 atom stereocenters. The highest BCUT2D eigenvalue weighted by Gasteiger charge is 2.24. The molecular weight excluding hydrogens is 312 g/mol. The predicted octanol–water partition coefficient (Wildman–Crippen LogP) is 1.16. The molecule has 0 fully saturated rings. The van der Waals surface area contributed by atoms with Gasteiger partial charge in [0.05, 0.1) is 5.52 Å². The third-order valence-corrected chi connectivity index (χ3v) is 3.45. The van der Waals surface area contributed by atoms with Gasteiger partial charge in [0, 0.05) is 25.7 Å². The zero-order valence-corrected chi connectivity index (χ0v) is 13.5. The summed E-state index contributed by atoms with van der Waals surface area (Å²) in [6, 6.07) is 7.25. The average molecular weight is 328 g/mol. The van der Waals surface area contributed by atoms with Crippen LogP contribution in [0.2, 0.25) is 0 Å². The number of esters is 1. The normalized spacial score (nSPS) is 17.6. The average Bonchev–Trinajstić information content (AvgIpc) is 3.11. The monoisotopic (exact) mass is 328 g/mol. The molecule has 0 radical (unpaired) electrons. The van der Waals surface area contributed by atoms with E-state index in [0.29, 0.717) is 16.6 Å². The van der Waals surface area contributed by atoms with E-state index in [-0.39, 0.29) is 11.6 Å². The van der Waals surface area contributed by atoms with E-state index in [1.54, 1.807) is 33.2 Å². The molecule has 3 rings (SSSR count). The number of benzene rings is 1. The largest absolute Gasteiger partial charge is 0.456 e. The fourth-order valence-electron chi connectivity index (χ4n) is 2.17. The van der Waals surface area contributed by atoms with Gasteiger partial charge >= 0.3 is 5.97 Å². The lowest BCUT2D eigenvalue weighted by Crippen LogP contribution is -2.26. The highest BCUT2D eigenvalue weighted by Crippen LogP contribution is 2.19. The Labute approximate surface area is 137 Å². The molecule has 0 N–H and O–H groups in total. The van der Waals surface area contributed by atoms with Crippen molar-refractivity contribution >= 4 is 28.6 Å². The summed E-state index contributed by atoms with van der Waals surface area (Å²) >= 11 is 0. The molecule has 1 unspecified atom stereocenters. The zero-order chi connectivity index (χ0) is 17.3. The molecule has 1 amide bonds. The first-order valence-corrected chi connectivity index (χ1v) is 7.25. The van der Waals surface area contributed by atoms with Crippen molar-refractivity contribution in [2.45, 2.75) is 13.2 Å². The van der Waals surface area contributed by atoms with Crippen molar-refractivity contribution in [1.82, 2.24) is 19.9 Å². The minimum atomic E-state index is -0.864. The highest BCUT2D eigenvalue weighted by molar-refractivity contribution is 6.14. The van der Waals surface area contributed by atoms with Crippen molar-refractivity contribution in [3.63, 3.8) is 0 Å². The zero-order valence-electron chi connectivity index (χ0n) is 13.5. The summed E-state index contributed by atoms with van der Waals surface area (Å²) in [4.78, 5) is 25.3. The predicted molar refractivity (Wildman–Crippen MR) is 85.2 cm³/mol. The number of hydrogen-bond donors (Lipinski definition) is 0. The molecule has 0 aliphatic carbocycles. The lowest BCUT2D eigenvalue weighted by Gasteiger charge is -2.15. The molecule has 0 spiro atoms. The van der Waals surface area contributed by atoms with Crippen LogP contribution in [0, 0.1) is 0 Å². The summed E-state index contributed by atoms with van der Waals surface area (Å²) in [6.45, 7) is 1.63. The smallest absolute Gasteiger partial charge is 0.336 e. The van der Waals surface area contributed by atoms with Gasteiger partial charge in [-0.2, -0.15) is 0 Å². The summed E-state index contributed by atoms with van der Waals surface area (Å²) in [6.07, 6.45) is 1.91. The second-order valence-electron chi connectivity index (χ2n) is 5.45. The Kier molecular flexibility index (Phi) is 4.03. The molecule has 1 aromatic heterocycles. The number of ether oxygens (including phenoxy) is 2. The van der Waals surface area contributed by atoms with Crippen LogP contribution in [0.15, 0.2) is 42.2 Å². The number of para-hydroxylation sites is 1. The molecule has 124 valence electrons. The van der Waals surface area contributed by atoms with Crippen molar-refractivity contribution in [2.24, 2.45) is 0 Å². The Bertz CT molecular complexity index is 866. The quantitative estimate of drug-likeness (QED) is 0.476. The minimum absolute atomic E-state index is 0.155. The Balaban J connectivity index is 1.97. The van der Waals surface area contributed by atoms with E-state index in [0.717, 1.165) is 0 Å². The van der Waals surface area contributed by atoms with E-state index in [9.17, 15) is 9.59 Å². The van der Waals surface area contributed by atoms with Crippen molar-refractivity contribution in [2.75, 3.05) is 14.1 Å². The first-order chi connectivity index (χ1) is 11.5. The number of cyclic esters (lactones) is 1. The Morgan fingerprint density at radius 2 is 2.12 bits per heavy atom. The number of rotatable bonds is 4. The molecule has 2 heterocycles. The topological polar surface area (TPSA) is 86.6 Å². The van der Waals surface area contributed by atoms with Gasteiger partial charge in [0.2, 0.25) is 0 Å². The Morgan fingerprint density at radius 3 is 2.79 bits per heavy atom. The number of carbonyl (C=O) groups is 2. The van der Waals surface area contributed by atoms with Gasteiger partial charge in [0.25, 0.3) is 12.2 Å². The fraction of sp³-hybridized carbons (Fsp3) is 0.250. The van der Waals surface area contributed by atoms with Crippen LogP contribution in [-0.2, 0) is 19.1 Å². The van der Waals surface area contributed by atoms with Crippen molar-refractivity contribution in [1.29, 1.82) is 0 Å².